The third-order valence-corrected chi connectivity index (χ3v) is 4.41. The Morgan fingerprint density at radius 2 is 2.25 bits per heavy atom. The van der Waals surface area contributed by atoms with Gasteiger partial charge in [0, 0.05) is 18.5 Å². The molecule has 4 nitrogen and oxygen atoms in total. The van der Waals surface area contributed by atoms with E-state index in [-0.39, 0.29) is 5.41 Å². The van der Waals surface area contributed by atoms with E-state index >= 15 is 0 Å². The van der Waals surface area contributed by atoms with Crippen LogP contribution in [0.25, 0.3) is 11.0 Å². The van der Waals surface area contributed by atoms with Gasteiger partial charge in [0.25, 0.3) is 0 Å². The monoisotopic (exact) mass is 271 g/mol. The van der Waals surface area contributed by atoms with E-state index in [1.165, 1.54) is 0 Å². The zero-order chi connectivity index (χ0) is 14.2. The second kappa shape index (κ2) is 5.02. The maximum absolute atomic E-state index is 12.6. The Morgan fingerprint density at radius 3 is 2.95 bits per heavy atom. The lowest BCUT2D eigenvalue weighted by atomic mass is 9.83. The fraction of sp³-hybridized carbons (Fsp3) is 0.500. The van der Waals surface area contributed by atoms with Gasteiger partial charge in [-0.1, -0.05) is 19.1 Å². The number of nitrogens with zero attached hydrogens (tertiary/aromatic N) is 2. The Kier molecular flexibility index (Phi) is 3.34. The van der Waals surface area contributed by atoms with Crippen molar-refractivity contribution >= 4 is 16.8 Å². The van der Waals surface area contributed by atoms with Crippen molar-refractivity contribution in [1.82, 2.24) is 14.9 Å². The first-order valence-corrected chi connectivity index (χ1v) is 7.32. The van der Waals surface area contributed by atoms with Gasteiger partial charge in [-0.25, -0.2) is 4.98 Å². The minimum atomic E-state index is -0.225. The Hall–Kier alpha value is -1.68. The molecule has 1 aromatic carbocycles. The van der Waals surface area contributed by atoms with Gasteiger partial charge in [-0.05, 0) is 32.0 Å². The number of aryl methyl sites for hydroxylation is 1. The lowest BCUT2D eigenvalue weighted by Gasteiger charge is -2.20. The van der Waals surface area contributed by atoms with Crippen LogP contribution in [-0.4, -0.2) is 28.4 Å². The van der Waals surface area contributed by atoms with Crippen molar-refractivity contribution in [2.75, 3.05) is 13.1 Å². The highest BCUT2D eigenvalue weighted by Gasteiger charge is 2.36. The maximum Gasteiger partial charge on any atom is 0.147 e. The van der Waals surface area contributed by atoms with Crippen LogP contribution in [-0.2, 0) is 17.8 Å². The second-order valence-electron chi connectivity index (χ2n) is 5.85. The van der Waals surface area contributed by atoms with Crippen LogP contribution in [0.5, 0.6) is 0 Å². The van der Waals surface area contributed by atoms with Crippen LogP contribution >= 0.6 is 0 Å². The van der Waals surface area contributed by atoms with Gasteiger partial charge < -0.3 is 9.88 Å². The number of nitrogens with one attached hydrogen (secondary N) is 1. The zero-order valence-corrected chi connectivity index (χ0v) is 12.1. The summed E-state index contributed by atoms with van der Waals surface area (Å²) in [5.41, 5.74) is 1.87. The predicted molar refractivity (Wildman–Crippen MR) is 79.7 cm³/mol. The topological polar surface area (TPSA) is 46.9 Å². The highest BCUT2D eigenvalue weighted by atomic mass is 16.1. The first-order valence-electron chi connectivity index (χ1n) is 7.32. The molecule has 0 bridgehead atoms. The molecule has 1 fully saturated rings. The van der Waals surface area contributed by atoms with Gasteiger partial charge in [0.1, 0.15) is 11.6 Å². The lowest BCUT2D eigenvalue weighted by molar-refractivity contribution is -0.126. The third kappa shape index (κ3) is 2.14. The number of fused-ring (bicyclic) bond motifs is 1. The van der Waals surface area contributed by atoms with Gasteiger partial charge in [-0.3, -0.25) is 4.79 Å². The summed E-state index contributed by atoms with van der Waals surface area (Å²) in [6, 6.07) is 8.08. The fourth-order valence-electron chi connectivity index (χ4n) is 3.03. The predicted octanol–water partition coefficient (Wildman–Crippen LogP) is 2.17. The number of aromatic nitrogens is 2. The second-order valence-corrected chi connectivity index (χ2v) is 5.85. The summed E-state index contributed by atoms with van der Waals surface area (Å²) in [5.74, 6) is 1.19. The van der Waals surface area contributed by atoms with E-state index in [4.69, 9.17) is 0 Å². The molecule has 2 heterocycles. The van der Waals surface area contributed by atoms with Crippen LogP contribution in [0.1, 0.15) is 26.1 Å². The van der Waals surface area contributed by atoms with Crippen LogP contribution in [0.15, 0.2) is 24.3 Å². The molecule has 0 aliphatic carbocycles. The number of Topliss-reactive ketones (excluding diaryl/α,β-unsaturated/α-hetero) is 1. The number of benzene rings is 1. The van der Waals surface area contributed by atoms with Crippen LogP contribution in [0.3, 0.4) is 0 Å². The van der Waals surface area contributed by atoms with Crippen molar-refractivity contribution in [2.45, 2.75) is 33.2 Å². The van der Waals surface area contributed by atoms with Crippen molar-refractivity contribution in [3.8, 4) is 0 Å². The number of carbonyl (C=O) groups is 1. The average molecular weight is 271 g/mol. The van der Waals surface area contributed by atoms with Gasteiger partial charge in [-0.2, -0.15) is 0 Å². The normalized spacial score (nSPS) is 22.5. The molecule has 0 radical (unpaired) electrons. The molecule has 1 atom stereocenters. The van der Waals surface area contributed by atoms with Gasteiger partial charge in [0.05, 0.1) is 17.5 Å². The summed E-state index contributed by atoms with van der Waals surface area (Å²) in [5, 5.41) is 3.29. The molecule has 3 rings (SSSR count). The number of hydrogen-bond donors (Lipinski definition) is 1. The average Bonchev–Trinajstić information content (AvgIpc) is 3.03. The number of para-hydroxylation sites is 2. The molecular formula is C16H21N3O. The van der Waals surface area contributed by atoms with E-state index in [2.05, 4.69) is 34.8 Å². The Labute approximate surface area is 119 Å². The molecule has 0 saturated carbocycles. The number of carbonyl (C=O) groups excluding carboxylic acids is 1. The van der Waals surface area contributed by atoms with Gasteiger partial charge >= 0.3 is 0 Å². The highest BCUT2D eigenvalue weighted by molar-refractivity contribution is 5.87. The number of ketones is 1. The highest BCUT2D eigenvalue weighted by Crippen LogP contribution is 2.27. The molecule has 20 heavy (non-hydrogen) atoms. The fourth-order valence-corrected chi connectivity index (χ4v) is 3.03. The zero-order valence-electron chi connectivity index (χ0n) is 12.1. The Bertz CT molecular complexity index is 638. The van der Waals surface area contributed by atoms with Gasteiger partial charge in [0.15, 0.2) is 0 Å². The van der Waals surface area contributed by atoms with Crippen molar-refractivity contribution in [3.63, 3.8) is 0 Å². The summed E-state index contributed by atoms with van der Waals surface area (Å²) in [4.78, 5) is 17.2. The molecule has 1 aromatic heterocycles. The van der Waals surface area contributed by atoms with Crippen molar-refractivity contribution < 1.29 is 4.79 Å². The lowest BCUT2D eigenvalue weighted by Crippen LogP contribution is -2.32. The largest absolute Gasteiger partial charge is 0.328 e. The third-order valence-electron chi connectivity index (χ3n) is 4.41. The molecule has 1 unspecified atom stereocenters. The first-order chi connectivity index (χ1) is 9.64. The molecule has 1 aliphatic heterocycles. The van der Waals surface area contributed by atoms with Crippen molar-refractivity contribution in [1.29, 1.82) is 0 Å². The van der Waals surface area contributed by atoms with Crippen LogP contribution in [0.2, 0.25) is 0 Å². The van der Waals surface area contributed by atoms with E-state index in [0.717, 1.165) is 42.9 Å². The van der Waals surface area contributed by atoms with E-state index in [0.29, 0.717) is 12.2 Å². The first kappa shape index (κ1) is 13.3. The van der Waals surface area contributed by atoms with Crippen LogP contribution < -0.4 is 5.32 Å². The Morgan fingerprint density at radius 1 is 1.45 bits per heavy atom. The number of hydrogen-bond acceptors (Lipinski definition) is 3. The molecule has 106 valence electrons. The minimum absolute atomic E-state index is 0.225. The summed E-state index contributed by atoms with van der Waals surface area (Å²) < 4.78 is 2.15. The number of rotatable bonds is 4. The number of imidazole rings is 1. The van der Waals surface area contributed by atoms with E-state index in [9.17, 15) is 4.79 Å². The minimum Gasteiger partial charge on any atom is -0.328 e. The standard InChI is InChI=1S/C16H21N3O/c1-3-19-13-7-5-4-6-12(13)18-15(19)10-14(20)16(2)8-9-17-11-16/h4-7,17H,3,8-11H2,1-2H3. The maximum atomic E-state index is 12.6. The molecule has 0 spiro atoms. The SMILES string of the molecule is CCn1c(CC(=O)C2(C)CCNC2)nc2ccccc21. The summed E-state index contributed by atoms with van der Waals surface area (Å²) in [7, 11) is 0. The Balaban J connectivity index is 1.92. The van der Waals surface area contributed by atoms with E-state index in [1.807, 2.05) is 18.2 Å². The molecule has 4 heteroatoms. The van der Waals surface area contributed by atoms with Crippen LogP contribution in [0.4, 0.5) is 0 Å². The van der Waals surface area contributed by atoms with E-state index < -0.39 is 0 Å². The van der Waals surface area contributed by atoms with Crippen molar-refractivity contribution in [2.24, 2.45) is 5.41 Å². The summed E-state index contributed by atoms with van der Waals surface area (Å²) in [6.45, 7) is 6.73. The van der Waals surface area contributed by atoms with E-state index in [1.54, 1.807) is 0 Å². The van der Waals surface area contributed by atoms with Crippen molar-refractivity contribution in [3.05, 3.63) is 30.1 Å². The summed E-state index contributed by atoms with van der Waals surface area (Å²) >= 11 is 0. The molecule has 1 saturated heterocycles. The van der Waals surface area contributed by atoms with Crippen LogP contribution in [0, 0.1) is 5.41 Å². The molecular weight excluding hydrogens is 250 g/mol. The van der Waals surface area contributed by atoms with Gasteiger partial charge in [-0.15, -0.1) is 0 Å². The smallest absolute Gasteiger partial charge is 0.147 e. The molecule has 1 N–H and O–H groups in total. The molecule has 1 aliphatic rings. The molecule has 0 amide bonds. The quantitative estimate of drug-likeness (QED) is 0.927. The van der Waals surface area contributed by atoms with Gasteiger partial charge in [0.2, 0.25) is 0 Å². The summed E-state index contributed by atoms with van der Waals surface area (Å²) in [6.07, 6.45) is 1.36. The molecule has 2 aromatic rings.